The quantitative estimate of drug-likeness (QED) is 0.156. The summed E-state index contributed by atoms with van der Waals surface area (Å²) in [6.07, 6.45) is -11.5. The predicted octanol–water partition coefficient (Wildman–Crippen LogP) is 7.23. The maximum absolute atomic E-state index is 14.9. The molecule has 0 amide bonds. The van der Waals surface area contributed by atoms with Crippen molar-refractivity contribution in [2.75, 3.05) is 57.3 Å². The van der Waals surface area contributed by atoms with E-state index >= 15 is 0 Å². The van der Waals surface area contributed by atoms with E-state index in [1.165, 1.54) is 0 Å². The summed E-state index contributed by atoms with van der Waals surface area (Å²) < 4.78 is 99.8. The summed E-state index contributed by atoms with van der Waals surface area (Å²) >= 11 is 1.08. The van der Waals surface area contributed by atoms with Crippen LogP contribution in [-0.2, 0) is 6.42 Å². The maximum Gasteiger partial charge on any atom is 0.401 e. The van der Waals surface area contributed by atoms with Crippen molar-refractivity contribution in [2.45, 2.75) is 37.4 Å². The molecule has 1 saturated heterocycles. The standard InChI is InChI=1S/C29H31F7N3OPS/c1-40-25-14-18(41(2)3)9-10-23(25)37-12-5-8-26-20(15-28(31,32)33)19-6-4-7-24(27(19)42-26)38-22-11-13-39(16-21(22)30)17-29(34,35)36/h4,6-7,9-10,14,21-22,37-38H,11-13,15-17H2,1-3H3. The minimum atomic E-state index is -4.48. The van der Waals surface area contributed by atoms with Crippen molar-refractivity contribution in [1.82, 2.24) is 4.90 Å². The molecule has 42 heavy (non-hydrogen) atoms. The molecular formula is C29H31F7N3OPS. The monoisotopic (exact) mass is 633 g/mol. The van der Waals surface area contributed by atoms with Gasteiger partial charge in [-0.2, -0.15) is 26.3 Å². The Hall–Kier alpha value is -2.74. The summed E-state index contributed by atoms with van der Waals surface area (Å²) in [6, 6.07) is 9.85. The van der Waals surface area contributed by atoms with Crippen LogP contribution in [0.15, 0.2) is 36.4 Å². The van der Waals surface area contributed by atoms with Crippen molar-refractivity contribution < 1.29 is 35.5 Å². The summed E-state index contributed by atoms with van der Waals surface area (Å²) in [4.78, 5) is 1.27. The second kappa shape index (κ2) is 13.3. The van der Waals surface area contributed by atoms with Crippen LogP contribution in [0.2, 0.25) is 0 Å². The van der Waals surface area contributed by atoms with Crippen LogP contribution in [0.5, 0.6) is 5.75 Å². The van der Waals surface area contributed by atoms with E-state index in [9.17, 15) is 30.7 Å². The first-order chi connectivity index (χ1) is 19.7. The molecule has 0 saturated carbocycles. The number of ether oxygens (including phenoxy) is 1. The molecule has 0 bridgehead atoms. The minimum Gasteiger partial charge on any atom is -0.495 e. The number of benzene rings is 2. The zero-order valence-electron chi connectivity index (χ0n) is 23.2. The molecule has 2 aromatic carbocycles. The fourth-order valence-electron chi connectivity index (χ4n) is 4.86. The summed E-state index contributed by atoms with van der Waals surface area (Å²) in [7, 11) is 1.25. The van der Waals surface area contributed by atoms with Gasteiger partial charge in [-0.25, -0.2) is 4.39 Å². The third-order valence-electron chi connectivity index (χ3n) is 6.84. The third kappa shape index (κ3) is 8.42. The zero-order valence-corrected chi connectivity index (χ0v) is 24.9. The van der Waals surface area contributed by atoms with Crippen LogP contribution in [-0.4, -0.2) is 76.1 Å². The lowest BCUT2D eigenvalue weighted by molar-refractivity contribution is -0.150. The van der Waals surface area contributed by atoms with Crippen LogP contribution in [0, 0.1) is 11.8 Å². The number of anilines is 2. The van der Waals surface area contributed by atoms with Gasteiger partial charge in [-0.05, 0) is 54.2 Å². The van der Waals surface area contributed by atoms with Crippen LogP contribution < -0.4 is 20.7 Å². The fraction of sp³-hybridized carbons (Fsp3) is 0.448. The summed E-state index contributed by atoms with van der Waals surface area (Å²) in [5.74, 6) is 6.44. The molecule has 13 heteroatoms. The Kier molecular flexibility index (Phi) is 10.2. The lowest BCUT2D eigenvalue weighted by atomic mass is 10.0. The average Bonchev–Trinajstić information content (AvgIpc) is 3.23. The van der Waals surface area contributed by atoms with E-state index < -0.39 is 37.5 Å². The number of thiophene rings is 1. The van der Waals surface area contributed by atoms with Gasteiger partial charge in [0.1, 0.15) is 11.9 Å². The molecule has 0 radical (unpaired) electrons. The molecule has 1 aliphatic heterocycles. The number of hydrogen-bond acceptors (Lipinski definition) is 5. The smallest absolute Gasteiger partial charge is 0.401 e. The first-order valence-corrected chi connectivity index (χ1v) is 16.2. The van der Waals surface area contributed by atoms with Crippen molar-refractivity contribution >= 4 is 46.0 Å². The van der Waals surface area contributed by atoms with Crippen molar-refractivity contribution in [3.63, 3.8) is 0 Å². The van der Waals surface area contributed by atoms with Crippen molar-refractivity contribution in [3.8, 4) is 17.6 Å². The molecule has 2 heterocycles. The molecule has 1 aliphatic rings. The van der Waals surface area contributed by atoms with Crippen molar-refractivity contribution in [1.29, 1.82) is 0 Å². The Morgan fingerprint density at radius 3 is 2.48 bits per heavy atom. The van der Waals surface area contributed by atoms with Crippen molar-refractivity contribution in [2.24, 2.45) is 0 Å². The van der Waals surface area contributed by atoms with E-state index in [1.807, 2.05) is 18.2 Å². The molecular weight excluding hydrogens is 602 g/mol. The first-order valence-electron chi connectivity index (χ1n) is 13.1. The van der Waals surface area contributed by atoms with Crippen molar-refractivity contribution in [3.05, 3.63) is 46.8 Å². The molecule has 3 aromatic rings. The average molecular weight is 634 g/mol. The van der Waals surface area contributed by atoms with Gasteiger partial charge < -0.3 is 15.4 Å². The number of alkyl halides is 7. The fourth-order valence-corrected chi connectivity index (χ4v) is 6.78. The number of nitrogens with one attached hydrogen (secondary N) is 2. The highest BCUT2D eigenvalue weighted by molar-refractivity contribution is 7.64. The second-order valence-corrected chi connectivity index (χ2v) is 13.5. The molecule has 4 nitrogen and oxygen atoms in total. The Bertz CT molecular complexity index is 1450. The Balaban J connectivity index is 1.56. The highest BCUT2D eigenvalue weighted by Gasteiger charge is 2.37. The highest BCUT2D eigenvalue weighted by Crippen LogP contribution is 2.40. The summed E-state index contributed by atoms with van der Waals surface area (Å²) in [5.41, 5.74) is 1.19. The van der Waals surface area contributed by atoms with E-state index in [4.69, 9.17) is 4.74 Å². The Morgan fingerprint density at radius 2 is 1.83 bits per heavy atom. The largest absolute Gasteiger partial charge is 0.495 e. The van der Waals surface area contributed by atoms with Gasteiger partial charge in [0, 0.05) is 13.1 Å². The number of likely N-dealkylation sites (tertiary alicyclic amines) is 1. The van der Waals surface area contributed by atoms with Gasteiger partial charge in [0.05, 0.1) is 53.6 Å². The molecule has 2 unspecified atom stereocenters. The Morgan fingerprint density at radius 1 is 1.07 bits per heavy atom. The van der Waals surface area contributed by atoms with Crippen LogP contribution in [0.3, 0.4) is 0 Å². The zero-order chi connectivity index (χ0) is 30.7. The molecule has 228 valence electrons. The summed E-state index contributed by atoms with van der Waals surface area (Å²) in [5, 5.41) is 7.72. The van der Waals surface area contributed by atoms with Gasteiger partial charge in [-0.15, -0.1) is 11.3 Å². The second-order valence-electron chi connectivity index (χ2n) is 10.2. The molecule has 2 atom stereocenters. The molecule has 0 spiro atoms. The number of nitrogens with zero attached hydrogens (tertiary/aromatic N) is 1. The van der Waals surface area contributed by atoms with Crippen LogP contribution in [0.1, 0.15) is 16.9 Å². The lowest BCUT2D eigenvalue weighted by Crippen LogP contribution is -2.50. The van der Waals surface area contributed by atoms with Gasteiger partial charge in [-0.3, -0.25) is 4.90 Å². The SMILES string of the molecule is COc1cc(P(C)C)ccc1NCC#Cc1sc2c(NC3CCN(CC(F)(F)F)CC3F)cccc2c1CC(F)(F)F. The third-order valence-corrected chi connectivity index (χ3v) is 9.34. The van der Waals surface area contributed by atoms with E-state index in [0.29, 0.717) is 27.2 Å². The van der Waals surface area contributed by atoms with Gasteiger partial charge in [0.2, 0.25) is 0 Å². The number of methoxy groups -OCH3 is 1. The number of piperidine rings is 1. The number of hydrogen-bond donors (Lipinski definition) is 2. The summed E-state index contributed by atoms with van der Waals surface area (Å²) in [6.45, 7) is 2.90. The molecule has 1 fully saturated rings. The minimum absolute atomic E-state index is 0.0385. The highest BCUT2D eigenvalue weighted by atomic mass is 32.1. The van der Waals surface area contributed by atoms with Crippen LogP contribution in [0.4, 0.5) is 42.1 Å². The van der Waals surface area contributed by atoms with E-state index in [2.05, 4.69) is 35.8 Å². The van der Waals surface area contributed by atoms with Gasteiger partial charge in [0.25, 0.3) is 0 Å². The molecule has 0 aliphatic carbocycles. The Labute approximate surface area is 245 Å². The molecule has 1 aromatic heterocycles. The lowest BCUT2D eigenvalue weighted by Gasteiger charge is -2.35. The van der Waals surface area contributed by atoms with Gasteiger partial charge in [0.15, 0.2) is 0 Å². The normalized spacial score (nSPS) is 18.2. The number of halogens is 7. The van der Waals surface area contributed by atoms with Gasteiger partial charge >= 0.3 is 12.4 Å². The maximum atomic E-state index is 14.9. The number of fused-ring (bicyclic) bond motifs is 1. The van der Waals surface area contributed by atoms with E-state index in [0.717, 1.165) is 21.5 Å². The van der Waals surface area contributed by atoms with Gasteiger partial charge in [-0.1, -0.05) is 38.0 Å². The van der Waals surface area contributed by atoms with E-state index in [1.54, 1.807) is 25.3 Å². The van der Waals surface area contributed by atoms with Crippen LogP contribution in [0.25, 0.3) is 10.1 Å². The molecule has 4 rings (SSSR count). The topological polar surface area (TPSA) is 36.5 Å². The number of rotatable bonds is 8. The predicted molar refractivity (Wildman–Crippen MR) is 158 cm³/mol. The van der Waals surface area contributed by atoms with E-state index in [-0.39, 0.29) is 44.4 Å². The molecule has 2 N–H and O–H groups in total. The first kappa shape index (κ1) is 32.2. The van der Waals surface area contributed by atoms with Crippen LogP contribution >= 0.6 is 19.3 Å².